The number of benzene rings is 2. The van der Waals surface area contributed by atoms with Gasteiger partial charge in [-0.2, -0.15) is 0 Å². The number of aliphatic hydroxyl groups is 1. The zero-order chi connectivity index (χ0) is 23.1. The van der Waals surface area contributed by atoms with E-state index in [9.17, 15) is 19.4 Å². The monoisotopic (exact) mass is 446 g/mol. The van der Waals surface area contributed by atoms with Gasteiger partial charge in [0.15, 0.2) is 0 Å². The Morgan fingerprint density at radius 2 is 1.78 bits per heavy atom. The highest BCUT2D eigenvalue weighted by molar-refractivity contribution is 5.97. The molecule has 0 unspecified atom stereocenters. The summed E-state index contributed by atoms with van der Waals surface area (Å²) in [5.74, 6) is -1.33. The molecular formula is C23H27FN2O6. The van der Waals surface area contributed by atoms with Crippen LogP contribution >= 0.6 is 0 Å². The third-order valence-electron chi connectivity index (χ3n) is 5.94. The van der Waals surface area contributed by atoms with E-state index >= 15 is 0 Å². The van der Waals surface area contributed by atoms with Crippen molar-refractivity contribution in [1.29, 1.82) is 0 Å². The van der Waals surface area contributed by atoms with Gasteiger partial charge in [0, 0.05) is 32.2 Å². The fourth-order valence-corrected chi connectivity index (χ4v) is 4.33. The van der Waals surface area contributed by atoms with Gasteiger partial charge in [-0.05, 0) is 24.1 Å². The molecule has 2 atom stereocenters. The first-order chi connectivity index (χ1) is 15.4. The summed E-state index contributed by atoms with van der Waals surface area (Å²) in [5, 5.41) is 28.6. The fourth-order valence-electron chi connectivity index (χ4n) is 4.33. The van der Waals surface area contributed by atoms with Gasteiger partial charge >= 0.3 is 0 Å². The number of carboxylic acid groups (broad SMARTS) is 1. The molecule has 32 heavy (non-hydrogen) atoms. The predicted molar refractivity (Wildman–Crippen MR) is 114 cm³/mol. The lowest BCUT2D eigenvalue weighted by Crippen LogP contribution is -2.63. The van der Waals surface area contributed by atoms with Gasteiger partial charge in [0.05, 0.1) is 24.8 Å². The minimum atomic E-state index is -1.10. The summed E-state index contributed by atoms with van der Waals surface area (Å²) in [4.78, 5) is 25.2. The molecule has 2 saturated heterocycles. The standard InChI is InChI=1S/C22H25FN2O4.CH2O2/c23-17-6-7-18(19(26)14-17)21(27)25-9-8-22(28,16-4-2-1-3-5-16)20(15-25)24-10-12-29-13-11-24;2-1-3/h1-7,14,20,26,28H,8-13,15H2;1H,(H,2,3)/t20-,22+;/m1./s1. The molecule has 172 valence electrons. The van der Waals surface area contributed by atoms with Crippen molar-refractivity contribution in [1.82, 2.24) is 9.80 Å². The normalized spacial score (nSPS) is 23.7. The lowest BCUT2D eigenvalue weighted by molar-refractivity contribution is -0.122. The quantitative estimate of drug-likeness (QED) is 0.615. The summed E-state index contributed by atoms with van der Waals surface area (Å²) in [6.07, 6.45) is 0.368. The molecule has 1 amide bonds. The third kappa shape index (κ3) is 5.07. The van der Waals surface area contributed by atoms with Crippen LogP contribution in [-0.2, 0) is 15.1 Å². The van der Waals surface area contributed by atoms with Gasteiger partial charge < -0.3 is 25.0 Å². The highest BCUT2D eigenvalue weighted by Crippen LogP contribution is 2.37. The Labute approximate surface area is 185 Å². The maximum atomic E-state index is 13.3. The minimum Gasteiger partial charge on any atom is -0.507 e. The number of phenols is 1. The van der Waals surface area contributed by atoms with Crippen LogP contribution in [0.5, 0.6) is 5.75 Å². The van der Waals surface area contributed by atoms with Crippen LogP contribution in [0.15, 0.2) is 48.5 Å². The first-order valence-electron chi connectivity index (χ1n) is 10.4. The van der Waals surface area contributed by atoms with Crippen LogP contribution in [0.25, 0.3) is 0 Å². The lowest BCUT2D eigenvalue weighted by atomic mass is 9.79. The largest absolute Gasteiger partial charge is 0.507 e. The number of hydrogen-bond donors (Lipinski definition) is 3. The average Bonchev–Trinajstić information content (AvgIpc) is 2.81. The van der Waals surface area contributed by atoms with Crippen LogP contribution < -0.4 is 0 Å². The molecule has 2 aliphatic rings. The van der Waals surface area contributed by atoms with Crippen LogP contribution in [0.2, 0.25) is 0 Å². The number of aromatic hydroxyl groups is 1. The summed E-state index contributed by atoms with van der Waals surface area (Å²) in [7, 11) is 0. The number of ether oxygens (including phenoxy) is 1. The molecule has 3 N–H and O–H groups in total. The second-order valence-electron chi connectivity index (χ2n) is 7.72. The van der Waals surface area contributed by atoms with Crippen LogP contribution in [-0.4, -0.2) is 82.9 Å². The second-order valence-corrected chi connectivity index (χ2v) is 7.72. The molecule has 0 aromatic heterocycles. The number of carbonyl (C=O) groups is 2. The summed E-state index contributed by atoms with van der Waals surface area (Å²) < 4.78 is 18.8. The van der Waals surface area contributed by atoms with E-state index in [0.29, 0.717) is 45.8 Å². The number of rotatable bonds is 3. The van der Waals surface area contributed by atoms with Gasteiger partial charge in [-0.15, -0.1) is 0 Å². The summed E-state index contributed by atoms with van der Waals surface area (Å²) >= 11 is 0. The Morgan fingerprint density at radius 3 is 2.41 bits per heavy atom. The Balaban J connectivity index is 0.000000913. The van der Waals surface area contributed by atoms with E-state index in [0.717, 1.165) is 17.7 Å². The number of halogens is 1. The van der Waals surface area contributed by atoms with Crippen molar-refractivity contribution in [2.75, 3.05) is 39.4 Å². The molecule has 0 spiro atoms. The van der Waals surface area contributed by atoms with E-state index in [2.05, 4.69) is 4.90 Å². The molecule has 2 fully saturated rings. The molecule has 2 aliphatic heterocycles. The Hall–Kier alpha value is -3.01. The number of carbonyl (C=O) groups excluding carboxylic acids is 1. The van der Waals surface area contributed by atoms with Gasteiger partial charge in [0.25, 0.3) is 12.4 Å². The van der Waals surface area contributed by atoms with Crippen LogP contribution in [0.3, 0.4) is 0 Å². The van der Waals surface area contributed by atoms with E-state index in [1.165, 1.54) is 6.07 Å². The van der Waals surface area contributed by atoms with E-state index < -0.39 is 11.4 Å². The van der Waals surface area contributed by atoms with Crippen LogP contribution in [0.4, 0.5) is 4.39 Å². The van der Waals surface area contributed by atoms with Crippen molar-refractivity contribution in [3.63, 3.8) is 0 Å². The third-order valence-corrected chi connectivity index (χ3v) is 5.94. The number of phenolic OH excluding ortho intramolecular Hbond substituents is 1. The van der Waals surface area contributed by atoms with E-state index in [1.54, 1.807) is 4.90 Å². The van der Waals surface area contributed by atoms with E-state index in [4.69, 9.17) is 14.6 Å². The van der Waals surface area contributed by atoms with Crippen molar-refractivity contribution in [2.24, 2.45) is 0 Å². The first-order valence-corrected chi connectivity index (χ1v) is 10.4. The Bertz CT molecular complexity index is 922. The number of amides is 1. The number of morpholine rings is 1. The molecule has 8 nitrogen and oxygen atoms in total. The lowest BCUT2D eigenvalue weighted by Gasteiger charge is -2.50. The maximum absolute atomic E-state index is 13.3. The van der Waals surface area contributed by atoms with E-state index in [1.807, 2.05) is 30.3 Å². The zero-order valence-electron chi connectivity index (χ0n) is 17.6. The highest BCUT2D eigenvalue weighted by Gasteiger charge is 2.47. The Morgan fingerprint density at radius 1 is 1.12 bits per heavy atom. The molecule has 0 aliphatic carbocycles. The predicted octanol–water partition coefficient (Wildman–Crippen LogP) is 1.67. The molecule has 0 radical (unpaired) electrons. The molecule has 0 saturated carbocycles. The molecule has 2 heterocycles. The van der Waals surface area contributed by atoms with Crippen molar-refractivity contribution in [3.05, 3.63) is 65.5 Å². The zero-order valence-corrected chi connectivity index (χ0v) is 17.6. The molecule has 2 aromatic rings. The van der Waals surface area contributed by atoms with Crippen molar-refractivity contribution in [3.8, 4) is 5.75 Å². The van der Waals surface area contributed by atoms with Crippen LogP contribution in [0, 0.1) is 5.82 Å². The average molecular weight is 446 g/mol. The summed E-state index contributed by atoms with van der Waals surface area (Å²) in [6, 6.07) is 12.6. The Kier molecular flexibility index (Phi) is 7.79. The van der Waals surface area contributed by atoms with Crippen molar-refractivity contribution < 1.29 is 34.0 Å². The molecular weight excluding hydrogens is 419 g/mol. The highest BCUT2D eigenvalue weighted by atomic mass is 19.1. The van der Waals surface area contributed by atoms with Gasteiger partial charge in [-0.1, -0.05) is 30.3 Å². The molecule has 0 bridgehead atoms. The molecule has 4 rings (SSSR count). The number of likely N-dealkylation sites (tertiary alicyclic amines) is 1. The SMILES string of the molecule is O=C(c1ccc(F)cc1O)N1CC[C@](O)(c2ccccc2)[C@H](N2CCOCC2)C1.O=CO. The summed E-state index contributed by atoms with van der Waals surface area (Å²) in [5.41, 5.74) is -0.203. The van der Waals surface area contributed by atoms with Gasteiger partial charge in [-0.25, -0.2) is 4.39 Å². The first kappa shape index (κ1) is 23.6. The van der Waals surface area contributed by atoms with Crippen molar-refractivity contribution >= 4 is 12.4 Å². The van der Waals surface area contributed by atoms with Gasteiger partial charge in [-0.3, -0.25) is 14.5 Å². The van der Waals surface area contributed by atoms with E-state index in [-0.39, 0.29) is 29.7 Å². The van der Waals surface area contributed by atoms with Gasteiger partial charge in [0.2, 0.25) is 0 Å². The maximum Gasteiger partial charge on any atom is 0.290 e. The summed E-state index contributed by atoms with van der Waals surface area (Å²) in [6.45, 7) is 2.89. The molecule has 2 aromatic carbocycles. The number of nitrogens with zero attached hydrogens (tertiary/aromatic N) is 2. The molecule has 9 heteroatoms. The van der Waals surface area contributed by atoms with Crippen LogP contribution in [0.1, 0.15) is 22.3 Å². The number of piperidine rings is 1. The minimum absolute atomic E-state index is 0.0669. The van der Waals surface area contributed by atoms with Crippen molar-refractivity contribution in [2.45, 2.75) is 18.1 Å². The number of hydrogen-bond acceptors (Lipinski definition) is 6. The fraction of sp³-hybridized carbons (Fsp3) is 0.391. The topological polar surface area (TPSA) is 111 Å². The second kappa shape index (κ2) is 10.5. The smallest absolute Gasteiger partial charge is 0.290 e. The van der Waals surface area contributed by atoms with Gasteiger partial charge in [0.1, 0.15) is 17.2 Å².